The van der Waals surface area contributed by atoms with Crippen molar-refractivity contribution < 1.29 is 17.2 Å². The highest BCUT2D eigenvalue weighted by atomic mass is 16.3. The Morgan fingerprint density at radius 1 is 0.966 bits per heavy atom. The number of furan rings is 1. The Labute approximate surface area is 178 Å². The number of rotatable bonds is 2. The fourth-order valence-electron chi connectivity index (χ4n) is 3.99. The van der Waals surface area contributed by atoms with Crippen LogP contribution in [0.25, 0.3) is 44.5 Å². The molecule has 0 bridgehead atoms. The first-order valence-corrected chi connectivity index (χ1v) is 9.38. The molecule has 3 aromatic heterocycles. The van der Waals surface area contributed by atoms with Gasteiger partial charge >= 0.3 is 0 Å². The summed E-state index contributed by atoms with van der Waals surface area (Å²) in [7, 11) is 1.78. The molecule has 3 heteroatoms. The van der Waals surface area contributed by atoms with E-state index in [2.05, 4.69) is 4.98 Å². The number of nitrogens with zero attached hydrogens (tertiary/aromatic N) is 2. The van der Waals surface area contributed by atoms with Crippen LogP contribution in [-0.2, 0) is 7.05 Å². The van der Waals surface area contributed by atoms with Crippen molar-refractivity contribution in [1.29, 1.82) is 0 Å². The lowest BCUT2D eigenvalue weighted by molar-refractivity contribution is -0.660. The average molecular weight is 386 g/mol. The Kier molecular flexibility index (Phi) is 2.75. The van der Waals surface area contributed by atoms with Gasteiger partial charge < -0.3 is 4.42 Å². The van der Waals surface area contributed by atoms with Gasteiger partial charge in [-0.2, -0.15) is 0 Å². The molecule has 0 amide bonds. The predicted octanol–water partition coefficient (Wildman–Crippen LogP) is 6.06. The summed E-state index contributed by atoms with van der Waals surface area (Å²) in [6, 6.07) is 16.4. The van der Waals surface area contributed by atoms with E-state index in [0.717, 1.165) is 5.56 Å². The summed E-state index contributed by atoms with van der Waals surface area (Å²) in [6.07, 6.45) is 3.22. The first-order valence-electron chi connectivity index (χ1n) is 12.4. The normalized spacial score (nSPS) is 15.4. The van der Waals surface area contributed by atoms with Crippen molar-refractivity contribution in [3.63, 3.8) is 0 Å². The molecule has 0 spiro atoms. The number of hydrogen-bond donors (Lipinski definition) is 0. The Morgan fingerprint density at radius 3 is 2.59 bits per heavy atom. The molecular weight excluding hydrogens is 356 g/mol. The molecule has 29 heavy (non-hydrogen) atoms. The summed E-state index contributed by atoms with van der Waals surface area (Å²) in [5.41, 5.74) is 4.67. The number of aromatic nitrogens is 2. The zero-order valence-corrected chi connectivity index (χ0v) is 16.2. The lowest BCUT2D eigenvalue weighted by Gasteiger charge is -2.11. The van der Waals surface area contributed by atoms with E-state index in [9.17, 15) is 0 Å². The topological polar surface area (TPSA) is 29.9 Å². The predicted molar refractivity (Wildman–Crippen MR) is 118 cm³/mol. The Bertz CT molecular complexity index is 1580. The van der Waals surface area contributed by atoms with Crippen LogP contribution in [0, 0.1) is 20.6 Å². The fraction of sp³-hybridized carbons (Fsp3) is 0.154. The van der Waals surface area contributed by atoms with Gasteiger partial charge in [-0.15, -0.1) is 0 Å². The molecule has 0 aliphatic heterocycles. The molecule has 3 nitrogen and oxygen atoms in total. The maximum absolute atomic E-state index is 8.13. The van der Waals surface area contributed by atoms with Gasteiger partial charge in [0.1, 0.15) is 7.05 Å². The molecule has 0 N–H and O–H groups in total. The Balaban J connectivity index is 1.91. The van der Waals surface area contributed by atoms with Gasteiger partial charge in [0.25, 0.3) is 0 Å². The third kappa shape index (κ3) is 2.73. The van der Waals surface area contributed by atoms with E-state index < -0.39 is 13.7 Å². The van der Waals surface area contributed by atoms with Crippen LogP contribution in [0.15, 0.2) is 71.4 Å². The summed E-state index contributed by atoms with van der Waals surface area (Å²) in [5.74, 6) is 0. The van der Waals surface area contributed by atoms with Crippen LogP contribution in [0.1, 0.15) is 24.9 Å². The summed E-state index contributed by atoms with van der Waals surface area (Å²) in [6.45, 7) is -2.83. The molecule has 0 aliphatic carbocycles. The van der Waals surface area contributed by atoms with Gasteiger partial charge in [0.2, 0.25) is 11.4 Å². The summed E-state index contributed by atoms with van der Waals surface area (Å²) in [4.78, 5) is 4.31. The molecule has 0 radical (unpaired) electrons. The molecule has 0 unspecified atom stereocenters. The molecule has 5 aromatic rings. The molecule has 0 atom stereocenters. The summed E-state index contributed by atoms with van der Waals surface area (Å²) < 4.78 is 56.6. The van der Waals surface area contributed by atoms with Gasteiger partial charge in [0.15, 0.2) is 11.8 Å². The maximum Gasteiger partial charge on any atom is 0.227 e. The number of pyridine rings is 2. The first-order chi connectivity index (χ1) is 16.5. The van der Waals surface area contributed by atoms with Crippen LogP contribution in [0.4, 0.5) is 0 Å². The van der Waals surface area contributed by atoms with Crippen LogP contribution in [-0.4, -0.2) is 4.98 Å². The molecule has 0 saturated heterocycles. The number of hydrogen-bond acceptors (Lipinski definition) is 2. The zero-order chi connectivity index (χ0) is 25.1. The molecule has 0 saturated carbocycles. The van der Waals surface area contributed by atoms with Crippen LogP contribution >= 0.6 is 0 Å². The SMILES string of the molecule is [2H]C([2H])([2H])c1c[n+](C)c(-c2c(C)cc(C([2H])([2H])[2H])c3c2oc2ncccc23)cc1-c1ccccc1. The molecule has 2 aromatic carbocycles. The van der Waals surface area contributed by atoms with E-state index >= 15 is 0 Å². The van der Waals surface area contributed by atoms with Crippen LogP contribution in [0.3, 0.4) is 0 Å². The smallest absolute Gasteiger partial charge is 0.227 e. The Morgan fingerprint density at radius 2 is 1.79 bits per heavy atom. The van der Waals surface area contributed by atoms with Crippen molar-refractivity contribution in [2.24, 2.45) is 7.05 Å². The van der Waals surface area contributed by atoms with Crippen LogP contribution in [0.5, 0.6) is 0 Å². The van der Waals surface area contributed by atoms with Gasteiger partial charge in [-0.25, -0.2) is 9.55 Å². The van der Waals surface area contributed by atoms with Crippen LogP contribution in [0.2, 0.25) is 0 Å². The molecule has 0 fully saturated rings. The van der Waals surface area contributed by atoms with E-state index in [0.29, 0.717) is 44.5 Å². The Hall–Kier alpha value is -3.46. The average Bonchev–Trinajstić information content (AvgIpc) is 3.17. The van der Waals surface area contributed by atoms with Gasteiger partial charge in [-0.05, 0) is 55.0 Å². The highest BCUT2D eigenvalue weighted by molar-refractivity contribution is 6.10. The van der Waals surface area contributed by atoms with E-state index in [-0.39, 0.29) is 11.1 Å². The largest absolute Gasteiger partial charge is 0.437 e. The second-order valence-corrected chi connectivity index (χ2v) is 7.24. The van der Waals surface area contributed by atoms with Gasteiger partial charge in [-0.3, -0.25) is 0 Å². The number of aryl methyl sites for hydroxylation is 4. The standard InChI is InChI=1S/C26H23N2O/c1-16-13-17(2)24(25-23(16)20-11-8-12-27-26(20)29-25)22-14-21(18(3)15-28(22)4)19-9-6-5-7-10-19/h5-15H,1-4H3/q+1/i1D3,3D3. The summed E-state index contributed by atoms with van der Waals surface area (Å²) in [5, 5.41) is 1.12. The highest BCUT2D eigenvalue weighted by Crippen LogP contribution is 2.39. The monoisotopic (exact) mass is 385 g/mol. The summed E-state index contributed by atoms with van der Waals surface area (Å²) >= 11 is 0. The molecule has 5 rings (SSSR count). The molecule has 142 valence electrons. The molecular formula is C26H23N2O+. The quantitative estimate of drug-likeness (QED) is 0.345. The maximum atomic E-state index is 8.13. The second-order valence-electron chi connectivity index (χ2n) is 7.24. The minimum Gasteiger partial charge on any atom is -0.437 e. The lowest BCUT2D eigenvalue weighted by Crippen LogP contribution is -2.31. The second kappa shape index (κ2) is 6.56. The molecule has 0 aliphatic rings. The van der Waals surface area contributed by atoms with Gasteiger partial charge in [-0.1, -0.05) is 36.4 Å². The zero-order valence-electron chi connectivity index (χ0n) is 22.2. The minimum absolute atomic E-state index is 0.200. The van der Waals surface area contributed by atoms with Gasteiger partial charge in [0, 0.05) is 36.8 Å². The van der Waals surface area contributed by atoms with Crippen molar-refractivity contribution >= 4 is 22.1 Å². The van der Waals surface area contributed by atoms with Crippen molar-refractivity contribution in [2.45, 2.75) is 20.6 Å². The van der Waals surface area contributed by atoms with Crippen molar-refractivity contribution in [3.05, 3.63) is 83.7 Å². The van der Waals surface area contributed by atoms with E-state index in [1.54, 1.807) is 42.2 Å². The first kappa shape index (κ1) is 12.2. The van der Waals surface area contributed by atoms with Gasteiger partial charge in [0.05, 0.1) is 5.56 Å². The van der Waals surface area contributed by atoms with Crippen molar-refractivity contribution in [3.8, 4) is 22.4 Å². The third-order valence-electron chi connectivity index (χ3n) is 5.33. The molecule has 3 heterocycles. The fourth-order valence-corrected chi connectivity index (χ4v) is 3.99. The van der Waals surface area contributed by atoms with E-state index in [1.165, 1.54) is 0 Å². The number of fused-ring (bicyclic) bond motifs is 3. The highest BCUT2D eigenvalue weighted by Gasteiger charge is 2.24. The van der Waals surface area contributed by atoms with E-state index in [1.807, 2.05) is 43.3 Å². The lowest BCUT2D eigenvalue weighted by atomic mass is 9.94. The van der Waals surface area contributed by atoms with Crippen LogP contribution < -0.4 is 4.57 Å². The number of benzene rings is 2. The van der Waals surface area contributed by atoms with Crippen molar-refractivity contribution in [1.82, 2.24) is 4.98 Å². The van der Waals surface area contributed by atoms with E-state index in [4.69, 9.17) is 12.6 Å². The van der Waals surface area contributed by atoms with Crippen molar-refractivity contribution in [2.75, 3.05) is 0 Å². The third-order valence-corrected chi connectivity index (χ3v) is 5.33. The minimum atomic E-state index is -2.35.